The molecule has 0 radical (unpaired) electrons. The minimum Gasteiger partial charge on any atom is -0.493 e. The number of hydrogen-bond acceptors (Lipinski definition) is 3. The molecule has 1 heterocycles. The molecule has 0 aliphatic rings. The van der Waals surface area contributed by atoms with Gasteiger partial charge in [-0.15, -0.1) is 0 Å². The molecule has 0 aliphatic carbocycles. The van der Waals surface area contributed by atoms with Gasteiger partial charge in [0, 0.05) is 23.0 Å². The number of Topliss-reactive ketones (excluding diaryl/α,β-unsaturated/α-hetero) is 1. The first-order valence-electron chi connectivity index (χ1n) is 12.2. The summed E-state index contributed by atoms with van der Waals surface area (Å²) < 4.78 is 8.04. The molecule has 0 saturated heterocycles. The van der Waals surface area contributed by atoms with Crippen molar-refractivity contribution >= 4 is 33.5 Å². The third-order valence-corrected chi connectivity index (χ3v) is 6.45. The van der Waals surface area contributed by atoms with Crippen molar-refractivity contribution in [1.82, 2.24) is 4.57 Å². The Morgan fingerprint density at radius 3 is 2.31 bits per heavy atom. The van der Waals surface area contributed by atoms with Crippen LogP contribution in [-0.4, -0.2) is 17.0 Å². The highest BCUT2D eigenvalue weighted by molar-refractivity contribution is 6.24. The lowest BCUT2D eigenvalue weighted by Crippen LogP contribution is -2.06. The van der Waals surface area contributed by atoms with Crippen LogP contribution in [0.4, 0.5) is 0 Å². The lowest BCUT2D eigenvalue weighted by molar-refractivity contribution is 0.104. The molecule has 4 nitrogen and oxygen atoms in total. The fourth-order valence-electron chi connectivity index (χ4n) is 4.89. The van der Waals surface area contributed by atoms with E-state index in [9.17, 15) is 10.1 Å². The second-order valence-electron chi connectivity index (χ2n) is 8.48. The Morgan fingerprint density at radius 2 is 1.58 bits per heavy atom. The van der Waals surface area contributed by atoms with Crippen LogP contribution in [0.25, 0.3) is 39.0 Å². The Labute approximate surface area is 210 Å². The molecule has 0 fully saturated rings. The van der Waals surface area contributed by atoms with E-state index in [4.69, 9.17) is 4.74 Å². The number of benzene rings is 4. The molecule has 0 saturated carbocycles. The minimum absolute atomic E-state index is 0.0727. The number of hydrogen-bond donors (Lipinski definition) is 0. The van der Waals surface area contributed by atoms with E-state index >= 15 is 0 Å². The van der Waals surface area contributed by atoms with E-state index in [0.717, 1.165) is 38.5 Å². The van der Waals surface area contributed by atoms with Gasteiger partial charge in [0.1, 0.15) is 17.4 Å². The molecule has 0 aliphatic heterocycles. The molecule has 0 amide bonds. The van der Waals surface area contributed by atoms with Gasteiger partial charge in [0.2, 0.25) is 5.78 Å². The number of aromatic nitrogens is 1. The largest absolute Gasteiger partial charge is 0.493 e. The highest BCUT2D eigenvalue weighted by Gasteiger charge is 2.26. The molecule has 36 heavy (non-hydrogen) atoms. The molecule has 0 N–H and O–H groups in total. The number of para-hydroxylation sites is 1. The number of aryl methyl sites for hydroxylation is 1. The second kappa shape index (κ2) is 9.93. The Bertz CT molecular complexity index is 1650. The average Bonchev–Trinajstić information content (AvgIpc) is 3.27. The smallest absolute Gasteiger partial charge is 0.206 e. The van der Waals surface area contributed by atoms with Crippen molar-refractivity contribution in [2.45, 2.75) is 20.4 Å². The Hall–Kier alpha value is -4.62. The number of carbonyl (C=O) groups excluding carboxylic acids is 1. The number of carbonyl (C=O) groups is 1. The Balaban J connectivity index is 1.77. The maximum absolute atomic E-state index is 14.2. The molecule has 1 aromatic heterocycles. The van der Waals surface area contributed by atoms with Crippen LogP contribution in [0.3, 0.4) is 0 Å². The van der Waals surface area contributed by atoms with Gasteiger partial charge in [0.05, 0.1) is 17.9 Å². The first kappa shape index (κ1) is 23.1. The van der Waals surface area contributed by atoms with Gasteiger partial charge in [-0.05, 0) is 48.4 Å². The van der Waals surface area contributed by atoms with E-state index in [-0.39, 0.29) is 11.4 Å². The van der Waals surface area contributed by atoms with Crippen LogP contribution in [0, 0.1) is 11.3 Å². The molecule has 0 spiro atoms. The molecule has 4 aromatic carbocycles. The summed E-state index contributed by atoms with van der Waals surface area (Å²) in [6.07, 6.45) is 1.68. The number of nitriles is 1. The second-order valence-corrected chi connectivity index (χ2v) is 8.48. The Morgan fingerprint density at radius 1 is 0.889 bits per heavy atom. The third kappa shape index (κ3) is 3.95. The van der Waals surface area contributed by atoms with Crippen molar-refractivity contribution < 1.29 is 9.53 Å². The van der Waals surface area contributed by atoms with Gasteiger partial charge in [-0.25, -0.2) is 0 Å². The zero-order valence-corrected chi connectivity index (χ0v) is 20.4. The van der Waals surface area contributed by atoms with Crippen molar-refractivity contribution in [3.63, 3.8) is 0 Å². The molecule has 0 unspecified atom stereocenters. The monoisotopic (exact) mass is 470 g/mol. The van der Waals surface area contributed by atoms with Crippen LogP contribution < -0.4 is 4.74 Å². The molecular weight excluding hydrogens is 444 g/mol. The average molecular weight is 471 g/mol. The fourth-order valence-corrected chi connectivity index (χ4v) is 4.89. The zero-order chi connectivity index (χ0) is 25.1. The quantitative estimate of drug-likeness (QED) is 0.139. The van der Waals surface area contributed by atoms with Gasteiger partial charge in [-0.2, -0.15) is 5.26 Å². The molecular formula is C32H26N2O2. The summed E-state index contributed by atoms with van der Waals surface area (Å²) in [5.41, 5.74) is 4.10. The summed E-state index contributed by atoms with van der Waals surface area (Å²) in [5, 5.41) is 13.0. The summed E-state index contributed by atoms with van der Waals surface area (Å²) in [6, 6.07) is 31.8. The normalized spacial score (nSPS) is 11.5. The van der Waals surface area contributed by atoms with Crippen LogP contribution in [0.5, 0.6) is 5.75 Å². The van der Waals surface area contributed by atoms with Gasteiger partial charge in [-0.3, -0.25) is 4.79 Å². The van der Waals surface area contributed by atoms with E-state index < -0.39 is 0 Å². The van der Waals surface area contributed by atoms with Crippen molar-refractivity contribution in [3.05, 3.63) is 108 Å². The van der Waals surface area contributed by atoms with Crippen LogP contribution in [0.15, 0.2) is 96.6 Å². The van der Waals surface area contributed by atoms with E-state index in [2.05, 4.69) is 17.6 Å². The number of ketones is 1. The van der Waals surface area contributed by atoms with E-state index in [1.807, 2.05) is 97.9 Å². The number of allylic oxidation sites excluding steroid dienone is 1. The lowest BCUT2D eigenvalue weighted by atomic mass is 9.95. The lowest BCUT2D eigenvalue weighted by Gasteiger charge is -2.12. The molecule has 0 atom stereocenters. The molecule has 176 valence electrons. The maximum Gasteiger partial charge on any atom is 0.206 e. The first-order chi connectivity index (χ1) is 17.7. The van der Waals surface area contributed by atoms with E-state index in [1.165, 1.54) is 0 Å². The minimum atomic E-state index is -0.296. The summed E-state index contributed by atoms with van der Waals surface area (Å²) >= 11 is 0. The molecule has 5 aromatic rings. The van der Waals surface area contributed by atoms with Gasteiger partial charge in [0.25, 0.3) is 0 Å². The van der Waals surface area contributed by atoms with Crippen LogP contribution >= 0.6 is 0 Å². The summed E-state index contributed by atoms with van der Waals surface area (Å²) in [5.74, 6) is 0.353. The Kier molecular flexibility index (Phi) is 6.38. The van der Waals surface area contributed by atoms with Crippen LogP contribution in [0.1, 0.15) is 29.8 Å². The third-order valence-electron chi connectivity index (χ3n) is 6.45. The fraction of sp³-hybridized carbons (Fsp3) is 0.125. The van der Waals surface area contributed by atoms with Crippen molar-refractivity contribution in [2.24, 2.45) is 0 Å². The molecule has 0 bridgehead atoms. The van der Waals surface area contributed by atoms with Crippen LogP contribution in [0.2, 0.25) is 0 Å². The van der Waals surface area contributed by atoms with E-state index in [0.29, 0.717) is 24.5 Å². The highest BCUT2D eigenvalue weighted by atomic mass is 16.5. The number of fused-ring (bicyclic) bond motifs is 2. The van der Waals surface area contributed by atoms with Crippen molar-refractivity contribution in [2.75, 3.05) is 6.61 Å². The van der Waals surface area contributed by atoms with Gasteiger partial charge in [0.15, 0.2) is 0 Å². The summed E-state index contributed by atoms with van der Waals surface area (Å²) in [7, 11) is 0. The summed E-state index contributed by atoms with van der Waals surface area (Å²) in [6.45, 7) is 5.17. The number of ether oxygens (including phenoxy) is 1. The first-order valence-corrected chi connectivity index (χ1v) is 12.2. The van der Waals surface area contributed by atoms with Crippen LogP contribution in [-0.2, 0) is 6.54 Å². The predicted molar refractivity (Wildman–Crippen MR) is 146 cm³/mol. The zero-order valence-electron chi connectivity index (χ0n) is 20.4. The topological polar surface area (TPSA) is 55.0 Å². The highest BCUT2D eigenvalue weighted by Crippen LogP contribution is 2.37. The number of rotatable bonds is 7. The van der Waals surface area contributed by atoms with Gasteiger partial charge >= 0.3 is 0 Å². The number of nitrogens with zero attached hydrogens (tertiary/aromatic N) is 2. The molecule has 4 heteroatoms. The van der Waals surface area contributed by atoms with Crippen molar-refractivity contribution in [1.29, 1.82) is 5.26 Å². The predicted octanol–water partition coefficient (Wildman–Crippen LogP) is 7.67. The summed E-state index contributed by atoms with van der Waals surface area (Å²) in [4.78, 5) is 14.2. The molecule has 5 rings (SSSR count). The SMILES string of the molecule is CCOc1ccc2ccccc2c1C=C(C#N)C(=O)c1c(-c2ccccc2)n(CC)c2ccccc12. The maximum atomic E-state index is 14.2. The van der Waals surface area contributed by atoms with Crippen molar-refractivity contribution in [3.8, 4) is 23.1 Å². The van der Waals surface area contributed by atoms with Gasteiger partial charge in [-0.1, -0.05) is 78.9 Å². The van der Waals surface area contributed by atoms with E-state index in [1.54, 1.807) is 6.08 Å². The van der Waals surface area contributed by atoms with Gasteiger partial charge < -0.3 is 9.30 Å². The standard InChI is InChI=1S/C32H26N2O2/c1-3-34-28-17-11-10-16-26(28)30(31(34)23-13-6-5-7-14-23)32(35)24(21-33)20-27-25-15-9-8-12-22(25)18-19-29(27)36-4-2/h5-20H,3-4H2,1-2H3.